The first-order valence-corrected chi connectivity index (χ1v) is 16.1. The van der Waals surface area contributed by atoms with Gasteiger partial charge in [-0.2, -0.15) is 0 Å². The number of pyridine rings is 3. The molecule has 0 saturated heterocycles. The van der Waals surface area contributed by atoms with Gasteiger partial charge in [0, 0.05) is 45.4 Å². The van der Waals surface area contributed by atoms with Gasteiger partial charge in [-0.05, 0) is 77.7 Å². The van der Waals surface area contributed by atoms with Crippen LogP contribution < -0.4 is 4.90 Å². The van der Waals surface area contributed by atoms with Crippen LogP contribution in [0.4, 0.5) is 17.1 Å². The van der Waals surface area contributed by atoms with Crippen molar-refractivity contribution < 1.29 is 0 Å². The molecule has 224 valence electrons. The molecule has 5 heterocycles. The molecule has 0 bridgehead atoms. The monoisotopic (exact) mass is 613 g/mol. The quantitative estimate of drug-likeness (QED) is 0.198. The van der Waals surface area contributed by atoms with Crippen molar-refractivity contribution in [3.05, 3.63) is 164 Å². The first-order chi connectivity index (χ1) is 23.8. The van der Waals surface area contributed by atoms with Gasteiger partial charge in [-0.15, -0.1) is 0 Å². The minimum Gasteiger partial charge on any atom is -0.309 e. The lowest BCUT2D eigenvalue weighted by Crippen LogP contribution is -2.15. The van der Waals surface area contributed by atoms with Crippen molar-refractivity contribution in [2.75, 3.05) is 4.90 Å². The molecule has 0 unspecified atom stereocenters. The Morgan fingerprint density at radius 2 is 1.23 bits per heavy atom. The fraction of sp³-hybridized carbons (Fsp3) is 0. The van der Waals surface area contributed by atoms with Gasteiger partial charge < -0.3 is 4.90 Å². The van der Waals surface area contributed by atoms with Gasteiger partial charge >= 0.3 is 0 Å². The van der Waals surface area contributed by atoms with E-state index in [9.17, 15) is 0 Å². The number of para-hydroxylation sites is 2. The Labute approximate surface area is 277 Å². The van der Waals surface area contributed by atoms with Gasteiger partial charge in [0.1, 0.15) is 5.82 Å². The highest BCUT2D eigenvalue weighted by Crippen LogP contribution is 2.55. The highest BCUT2D eigenvalue weighted by Gasteiger charge is 2.30. The Hall–Kier alpha value is -6.59. The highest BCUT2D eigenvalue weighted by molar-refractivity contribution is 6.24. The molecule has 0 aliphatic carbocycles. The maximum Gasteiger partial charge on any atom is 0.139 e. The van der Waals surface area contributed by atoms with Crippen molar-refractivity contribution in [1.82, 2.24) is 19.5 Å². The second-order valence-corrected chi connectivity index (χ2v) is 12.1. The van der Waals surface area contributed by atoms with Crippen LogP contribution in [-0.2, 0) is 0 Å². The van der Waals surface area contributed by atoms with Crippen LogP contribution in [0.15, 0.2) is 164 Å². The Bertz CT molecular complexity index is 2600. The predicted molar refractivity (Wildman–Crippen MR) is 196 cm³/mol. The lowest BCUT2D eigenvalue weighted by atomic mass is 9.89. The van der Waals surface area contributed by atoms with Gasteiger partial charge in [-0.3, -0.25) is 14.5 Å². The van der Waals surface area contributed by atoms with E-state index in [1.165, 1.54) is 44.0 Å². The molecule has 4 aromatic heterocycles. The van der Waals surface area contributed by atoms with Crippen molar-refractivity contribution in [3.8, 4) is 39.6 Å². The predicted octanol–water partition coefficient (Wildman–Crippen LogP) is 10.9. The Morgan fingerprint density at radius 3 is 2.04 bits per heavy atom. The first-order valence-electron chi connectivity index (χ1n) is 16.1. The summed E-state index contributed by atoms with van der Waals surface area (Å²) in [6.45, 7) is 0. The van der Waals surface area contributed by atoms with Crippen molar-refractivity contribution in [2.45, 2.75) is 0 Å². The average Bonchev–Trinajstić information content (AvgIpc) is 3.51. The summed E-state index contributed by atoms with van der Waals surface area (Å²) < 4.78 is 2.30. The summed E-state index contributed by atoms with van der Waals surface area (Å²) in [6.07, 6.45) is 3.65. The molecule has 0 radical (unpaired) electrons. The molecule has 0 amide bonds. The first kappa shape index (κ1) is 26.6. The molecule has 1 aliphatic heterocycles. The number of hydrogen-bond donors (Lipinski definition) is 0. The molecule has 1 aliphatic rings. The highest BCUT2D eigenvalue weighted by atomic mass is 15.2. The summed E-state index contributed by atoms with van der Waals surface area (Å²) in [4.78, 5) is 17.1. The SMILES string of the molecule is c1ccc(N2c3cccc4cccc(c34)-c3ccc4c(c32)c2ccccc2n4-c2cc(-c3ccccn3)cc(-c3ccccn3)n2)cc1. The van der Waals surface area contributed by atoms with Crippen LogP contribution in [0.1, 0.15) is 0 Å². The van der Waals surface area contributed by atoms with Crippen LogP contribution in [0.3, 0.4) is 0 Å². The Kier molecular flexibility index (Phi) is 5.81. The molecule has 10 rings (SSSR count). The minimum absolute atomic E-state index is 0.796. The molecule has 9 aromatic rings. The zero-order chi connectivity index (χ0) is 31.6. The molecular weight excluding hydrogens is 587 g/mol. The van der Waals surface area contributed by atoms with Crippen LogP contribution in [0.25, 0.3) is 72.2 Å². The molecule has 5 heteroatoms. The second-order valence-electron chi connectivity index (χ2n) is 12.1. The van der Waals surface area contributed by atoms with Crippen LogP contribution in [0, 0.1) is 0 Å². The van der Waals surface area contributed by atoms with Crippen LogP contribution in [0.2, 0.25) is 0 Å². The van der Waals surface area contributed by atoms with Crippen LogP contribution >= 0.6 is 0 Å². The van der Waals surface area contributed by atoms with E-state index in [0.717, 1.165) is 45.2 Å². The Balaban J connectivity index is 1.33. The molecule has 0 saturated carbocycles. The van der Waals surface area contributed by atoms with E-state index in [1.807, 2.05) is 48.8 Å². The number of aromatic nitrogens is 4. The van der Waals surface area contributed by atoms with Gasteiger partial charge in [0.15, 0.2) is 0 Å². The van der Waals surface area contributed by atoms with Gasteiger partial charge in [-0.1, -0.05) is 84.9 Å². The number of anilines is 3. The van der Waals surface area contributed by atoms with E-state index >= 15 is 0 Å². The van der Waals surface area contributed by atoms with Gasteiger partial charge in [0.2, 0.25) is 0 Å². The molecule has 5 aromatic carbocycles. The normalized spacial score (nSPS) is 12.1. The molecule has 48 heavy (non-hydrogen) atoms. The summed E-state index contributed by atoms with van der Waals surface area (Å²) in [7, 11) is 0. The van der Waals surface area contributed by atoms with E-state index < -0.39 is 0 Å². The minimum atomic E-state index is 0.796. The number of fused-ring (bicyclic) bond motifs is 6. The third kappa shape index (κ3) is 3.94. The lowest BCUT2D eigenvalue weighted by molar-refractivity contribution is 1.08. The average molecular weight is 614 g/mol. The van der Waals surface area contributed by atoms with E-state index in [2.05, 4.69) is 130 Å². The smallest absolute Gasteiger partial charge is 0.139 e. The van der Waals surface area contributed by atoms with Gasteiger partial charge in [0.25, 0.3) is 0 Å². The molecule has 0 atom stereocenters. The summed E-state index contributed by atoms with van der Waals surface area (Å²) >= 11 is 0. The molecular formula is C43H27N5. The third-order valence-corrected chi connectivity index (χ3v) is 9.39. The molecule has 0 spiro atoms. The van der Waals surface area contributed by atoms with E-state index in [1.54, 1.807) is 0 Å². The number of benzene rings is 5. The Morgan fingerprint density at radius 1 is 0.479 bits per heavy atom. The van der Waals surface area contributed by atoms with Crippen molar-refractivity contribution in [3.63, 3.8) is 0 Å². The van der Waals surface area contributed by atoms with Crippen molar-refractivity contribution in [2.24, 2.45) is 0 Å². The summed E-state index contributed by atoms with van der Waals surface area (Å²) in [5, 5.41) is 4.85. The zero-order valence-electron chi connectivity index (χ0n) is 25.8. The number of nitrogens with zero attached hydrogens (tertiary/aromatic N) is 5. The van der Waals surface area contributed by atoms with Crippen molar-refractivity contribution >= 4 is 49.6 Å². The maximum atomic E-state index is 5.29. The molecule has 0 fully saturated rings. The largest absolute Gasteiger partial charge is 0.309 e. The fourth-order valence-corrected chi connectivity index (χ4v) is 7.39. The third-order valence-electron chi connectivity index (χ3n) is 9.39. The van der Waals surface area contributed by atoms with Gasteiger partial charge in [0.05, 0.1) is 39.5 Å². The van der Waals surface area contributed by atoms with E-state index in [0.29, 0.717) is 0 Å². The summed E-state index contributed by atoms with van der Waals surface area (Å²) in [5.41, 5.74) is 11.6. The van der Waals surface area contributed by atoms with Gasteiger partial charge in [-0.25, -0.2) is 4.98 Å². The molecule has 5 nitrogen and oxygen atoms in total. The van der Waals surface area contributed by atoms with Crippen molar-refractivity contribution in [1.29, 1.82) is 0 Å². The lowest BCUT2D eigenvalue weighted by Gasteiger charge is -2.34. The number of hydrogen-bond acceptors (Lipinski definition) is 4. The molecule has 0 N–H and O–H groups in total. The van der Waals surface area contributed by atoms with E-state index in [-0.39, 0.29) is 0 Å². The number of rotatable bonds is 4. The summed E-state index contributed by atoms with van der Waals surface area (Å²) in [5.74, 6) is 0.814. The van der Waals surface area contributed by atoms with E-state index in [4.69, 9.17) is 9.97 Å². The summed E-state index contributed by atoms with van der Waals surface area (Å²) in [6, 6.07) is 53.4. The van der Waals surface area contributed by atoms with Crippen LogP contribution in [-0.4, -0.2) is 19.5 Å². The topological polar surface area (TPSA) is 46.8 Å². The zero-order valence-corrected chi connectivity index (χ0v) is 25.8. The fourth-order valence-electron chi connectivity index (χ4n) is 7.39. The standard InChI is InChI=1S/C43H27N5/c1-2-14-30(15-3-1)47-38-21-11-13-28-12-10-17-31(41(28)38)32-22-23-39-42(43(32)47)33-16-4-5-20-37(33)48(39)40-27-29(34-18-6-8-24-44-34)26-36(46-40)35-19-7-9-25-45-35/h1-27H. The second kappa shape index (κ2) is 10.5. The maximum absolute atomic E-state index is 5.29. The van der Waals surface area contributed by atoms with Crippen LogP contribution in [0.5, 0.6) is 0 Å².